The number of aryl methyl sites for hydroxylation is 1. The number of pyridine rings is 1. The molecule has 194 valence electrons. The molecule has 2 N–H and O–H groups in total. The van der Waals surface area contributed by atoms with Crippen molar-refractivity contribution in [3.05, 3.63) is 59.3 Å². The average Bonchev–Trinajstić information content (AvgIpc) is 3.48. The van der Waals surface area contributed by atoms with Crippen LogP contribution in [0.5, 0.6) is 11.5 Å². The maximum Gasteiger partial charge on any atom is 0.196 e. The summed E-state index contributed by atoms with van der Waals surface area (Å²) in [7, 11) is 0. The molecule has 2 aliphatic heterocycles. The Labute approximate surface area is 219 Å². The first kappa shape index (κ1) is 24.2. The molecule has 10 nitrogen and oxygen atoms in total. The van der Waals surface area contributed by atoms with E-state index in [1.165, 1.54) is 0 Å². The van der Waals surface area contributed by atoms with Crippen LogP contribution in [0.1, 0.15) is 53.1 Å². The van der Waals surface area contributed by atoms with Crippen molar-refractivity contribution >= 4 is 22.5 Å². The van der Waals surface area contributed by atoms with Crippen LogP contribution in [0.2, 0.25) is 0 Å². The third-order valence-corrected chi connectivity index (χ3v) is 7.50. The molecule has 1 unspecified atom stereocenters. The summed E-state index contributed by atoms with van der Waals surface area (Å²) >= 11 is 0. The lowest BCUT2D eigenvalue weighted by Gasteiger charge is -2.45. The summed E-state index contributed by atoms with van der Waals surface area (Å²) in [5.41, 5.74) is 1.94. The second-order valence-corrected chi connectivity index (χ2v) is 9.64. The Morgan fingerprint density at radius 2 is 2.00 bits per heavy atom. The third kappa shape index (κ3) is 3.92. The number of tetrazole rings is 1. The number of benzene rings is 2. The van der Waals surface area contributed by atoms with E-state index in [2.05, 4.69) is 25.9 Å². The normalized spacial score (nSPS) is 18.3. The van der Waals surface area contributed by atoms with Gasteiger partial charge in [0.15, 0.2) is 17.4 Å². The van der Waals surface area contributed by atoms with Gasteiger partial charge in [0.1, 0.15) is 28.7 Å². The number of nitrogens with one attached hydrogen (secondary N) is 2. The molecule has 0 bridgehead atoms. The number of carbonyl (C=O) groups excluding carboxylic acids is 2. The van der Waals surface area contributed by atoms with Crippen molar-refractivity contribution in [3.63, 3.8) is 0 Å². The Morgan fingerprint density at radius 3 is 2.74 bits per heavy atom. The largest absolute Gasteiger partial charge is 0.493 e. The van der Waals surface area contributed by atoms with Crippen LogP contribution in [0.25, 0.3) is 22.3 Å². The number of ether oxygens (including phenoxy) is 2. The molecule has 0 aliphatic carbocycles. The second-order valence-electron chi connectivity index (χ2n) is 9.64. The van der Waals surface area contributed by atoms with Crippen LogP contribution in [0.4, 0.5) is 0 Å². The van der Waals surface area contributed by atoms with Crippen LogP contribution in [0.3, 0.4) is 0 Å². The van der Waals surface area contributed by atoms with Gasteiger partial charge in [-0.2, -0.15) is 0 Å². The summed E-state index contributed by atoms with van der Waals surface area (Å²) < 4.78 is 12.5. The Morgan fingerprint density at radius 1 is 1.16 bits per heavy atom. The fourth-order valence-corrected chi connectivity index (χ4v) is 5.62. The first-order valence-electron chi connectivity index (χ1n) is 13.0. The summed E-state index contributed by atoms with van der Waals surface area (Å²) in [6.45, 7) is 5.68. The fraction of sp³-hybridized carbons (Fsp3) is 0.357. The number of rotatable bonds is 6. The van der Waals surface area contributed by atoms with Crippen molar-refractivity contribution in [1.82, 2.24) is 30.9 Å². The van der Waals surface area contributed by atoms with Gasteiger partial charge in [-0.25, -0.2) is 10.1 Å². The smallest absolute Gasteiger partial charge is 0.196 e. The van der Waals surface area contributed by atoms with Gasteiger partial charge in [-0.1, -0.05) is 19.1 Å². The predicted molar refractivity (Wildman–Crippen MR) is 140 cm³/mol. The highest BCUT2D eigenvalue weighted by Crippen LogP contribution is 2.44. The van der Waals surface area contributed by atoms with E-state index in [1.54, 1.807) is 24.3 Å². The highest BCUT2D eigenvalue weighted by molar-refractivity contribution is 6.19. The lowest BCUT2D eigenvalue weighted by Crippen LogP contribution is -2.58. The number of hydrogen-bond donors (Lipinski definition) is 2. The van der Waals surface area contributed by atoms with Crippen LogP contribution in [0, 0.1) is 5.92 Å². The van der Waals surface area contributed by atoms with E-state index < -0.39 is 11.5 Å². The highest BCUT2D eigenvalue weighted by atomic mass is 16.5. The van der Waals surface area contributed by atoms with Crippen LogP contribution < -0.4 is 14.8 Å². The van der Waals surface area contributed by atoms with Crippen LogP contribution in [-0.2, 0) is 6.42 Å². The van der Waals surface area contributed by atoms with Gasteiger partial charge in [-0.05, 0) is 66.7 Å². The minimum atomic E-state index is -1.05. The molecule has 38 heavy (non-hydrogen) atoms. The number of Topliss-reactive ketones (excluding diaryl/α,β-unsaturated/α-hetero) is 2. The Balaban J connectivity index is 1.49. The van der Waals surface area contributed by atoms with Gasteiger partial charge in [0, 0.05) is 29.9 Å². The zero-order valence-electron chi connectivity index (χ0n) is 21.3. The number of H-pyrrole nitrogens is 1. The van der Waals surface area contributed by atoms with Crippen molar-refractivity contribution in [3.8, 4) is 22.9 Å². The van der Waals surface area contributed by atoms with Gasteiger partial charge in [0.2, 0.25) is 0 Å². The van der Waals surface area contributed by atoms with Gasteiger partial charge in [-0.15, -0.1) is 5.10 Å². The van der Waals surface area contributed by atoms with Crippen LogP contribution in [0.15, 0.2) is 42.5 Å². The van der Waals surface area contributed by atoms with Crippen LogP contribution >= 0.6 is 0 Å². The SMILES string of the molecule is CCOc1cc(C(=O)C2C(=O)c3cc(-c4nnn[nH]4)ccc3OC23CCNCC3)nc2c(CC)cccc12. The van der Waals surface area contributed by atoms with E-state index in [1.807, 2.05) is 32.0 Å². The number of nitrogens with zero attached hydrogens (tertiary/aromatic N) is 4. The fourth-order valence-electron chi connectivity index (χ4n) is 5.62. The number of para-hydroxylation sites is 1. The molecule has 2 aromatic heterocycles. The molecule has 0 amide bonds. The minimum absolute atomic E-state index is 0.209. The molecular weight excluding hydrogens is 484 g/mol. The molecule has 1 atom stereocenters. The van der Waals surface area contributed by atoms with Gasteiger partial charge in [0.25, 0.3) is 0 Å². The monoisotopic (exact) mass is 512 g/mol. The van der Waals surface area contributed by atoms with E-state index in [9.17, 15) is 9.59 Å². The topological polar surface area (TPSA) is 132 Å². The van der Waals surface area contributed by atoms with E-state index in [4.69, 9.17) is 14.5 Å². The Kier molecular flexibility index (Phi) is 6.11. The number of piperidine rings is 1. The summed E-state index contributed by atoms with van der Waals surface area (Å²) in [6.07, 6.45) is 1.80. The van der Waals surface area contributed by atoms with Gasteiger partial charge >= 0.3 is 0 Å². The van der Waals surface area contributed by atoms with E-state index in [0.29, 0.717) is 66.5 Å². The first-order valence-corrected chi connectivity index (χ1v) is 13.0. The molecule has 1 saturated heterocycles. The number of fused-ring (bicyclic) bond motifs is 2. The van der Waals surface area contributed by atoms with Crippen molar-refractivity contribution < 1.29 is 19.1 Å². The lowest BCUT2D eigenvalue weighted by atomic mass is 9.71. The number of aromatic nitrogens is 5. The molecule has 10 heteroatoms. The summed E-state index contributed by atoms with van der Waals surface area (Å²) in [5, 5.41) is 18.1. The third-order valence-electron chi connectivity index (χ3n) is 7.50. The molecular formula is C28H28N6O4. The van der Waals surface area contributed by atoms with Gasteiger partial charge < -0.3 is 14.8 Å². The second kappa shape index (κ2) is 9.60. The summed E-state index contributed by atoms with van der Waals surface area (Å²) in [6, 6.07) is 12.8. The maximum absolute atomic E-state index is 14.3. The molecule has 1 spiro atoms. The molecule has 4 aromatic rings. The standard InChI is InChI=1S/C28H28N6O4/c1-3-16-6-5-7-18-22(37-4-2)15-20(30-24(16)18)26(36)23-25(35)19-14-17(27-31-33-34-32-27)8-9-21(19)38-28(23)10-12-29-13-11-28/h5-9,14-15,23,29H,3-4,10-13H2,1-2H3,(H,31,32,33,34). The van der Waals surface area contributed by atoms with Crippen molar-refractivity contribution in [2.24, 2.45) is 5.92 Å². The number of aromatic amines is 1. The number of ketones is 2. The molecule has 2 aliphatic rings. The quantitative estimate of drug-likeness (QED) is 0.294. The number of hydrogen-bond acceptors (Lipinski definition) is 9. The Bertz CT molecular complexity index is 1530. The Hall–Kier alpha value is -4.18. The zero-order chi connectivity index (χ0) is 26.3. The highest BCUT2D eigenvalue weighted by Gasteiger charge is 2.54. The van der Waals surface area contributed by atoms with Crippen molar-refractivity contribution in [2.75, 3.05) is 19.7 Å². The van der Waals surface area contributed by atoms with E-state index in [-0.39, 0.29) is 17.3 Å². The molecule has 4 heterocycles. The van der Waals surface area contributed by atoms with E-state index >= 15 is 0 Å². The summed E-state index contributed by atoms with van der Waals surface area (Å²) in [4.78, 5) is 33.3. The van der Waals surface area contributed by atoms with Gasteiger partial charge in [0.05, 0.1) is 17.7 Å². The van der Waals surface area contributed by atoms with Crippen molar-refractivity contribution in [2.45, 2.75) is 38.7 Å². The molecule has 6 rings (SSSR count). The summed E-state index contributed by atoms with van der Waals surface area (Å²) in [5.74, 6) is -0.213. The average molecular weight is 513 g/mol. The molecule has 0 radical (unpaired) electrons. The lowest BCUT2D eigenvalue weighted by molar-refractivity contribution is -0.0139. The number of carbonyl (C=O) groups is 2. The molecule has 2 aromatic carbocycles. The maximum atomic E-state index is 14.3. The van der Waals surface area contributed by atoms with Crippen LogP contribution in [-0.4, -0.2) is 62.5 Å². The first-order chi connectivity index (χ1) is 18.5. The van der Waals surface area contributed by atoms with Gasteiger partial charge in [-0.3, -0.25) is 9.59 Å². The molecule has 1 fully saturated rings. The minimum Gasteiger partial charge on any atom is -0.493 e. The molecule has 0 saturated carbocycles. The van der Waals surface area contributed by atoms with E-state index in [0.717, 1.165) is 17.4 Å². The predicted octanol–water partition coefficient (Wildman–Crippen LogP) is 3.57. The van der Waals surface area contributed by atoms with Crippen molar-refractivity contribution in [1.29, 1.82) is 0 Å². The zero-order valence-corrected chi connectivity index (χ0v) is 21.3.